The average molecular weight is 288 g/mol. The van der Waals surface area contributed by atoms with Crippen molar-refractivity contribution in [1.29, 1.82) is 0 Å². The number of rotatable bonds is 2. The minimum atomic E-state index is -1.06. The van der Waals surface area contributed by atoms with Crippen LogP contribution in [0, 0.1) is 5.82 Å². The van der Waals surface area contributed by atoms with Crippen molar-refractivity contribution in [2.45, 2.75) is 6.10 Å². The van der Waals surface area contributed by atoms with Crippen molar-refractivity contribution >= 4 is 22.5 Å². The van der Waals surface area contributed by atoms with Crippen LogP contribution in [0.15, 0.2) is 54.7 Å². The lowest BCUT2D eigenvalue weighted by Crippen LogP contribution is -2.03. The zero-order valence-electron chi connectivity index (χ0n) is 10.4. The molecule has 100 valence electrons. The number of halogens is 2. The number of hydrogen-bond donors (Lipinski definition) is 1. The molecule has 0 amide bonds. The molecule has 0 radical (unpaired) electrons. The maximum Gasteiger partial charge on any atom is 0.147 e. The third kappa shape index (κ3) is 2.26. The number of benzene rings is 2. The van der Waals surface area contributed by atoms with E-state index in [0.717, 1.165) is 10.9 Å². The number of hydrogen-bond acceptors (Lipinski definition) is 2. The largest absolute Gasteiger partial charge is 0.384 e. The van der Waals surface area contributed by atoms with Gasteiger partial charge in [0.25, 0.3) is 0 Å². The van der Waals surface area contributed by atoms with Crippen LogP contribution >= 0.6 is 11.6 Å². The van der Waals surface area contributed by atoms with E-state index < -0.39 is 11.9 Å². The van der Waals surface area contributed by atoms with E-state index in [9.17, 15) is 9.50 Å². The fraction of sp³-hybridized carbons (Fsp3) is 0.0625. The van der Waals surface area contributed by atoms with E-state index in [1.54, 1.807) is 30.5 Å². The predicted octanol–water partition coefficient (Wildman–Crippen LogP) is 4.11. The Kier molecular flexibility index (Phi) is 3.38. The van der Waals surface area contributed by atoms with Crippen molar-refractivity contribution in [3.05, 3.63) is 76.7 Å². The summed E-state index contributed by atoms with van der Waals surface area (Å²) in [5, 5.41) is 11.2. The molecule has 0 spiro atoms. The first-order chi connectivity index (χ1) is 9.66. The summed E-state index contributed by atoms with van der Waals surface area (Å²) in [5.41, 5.74) is 1.60. The van der Waals surface area contributed by atoms with Crippen LogP contribution < -0.4 is 0 Å². The second kappa shape index (κ2) is 5.19. The van der Waals surface area contributed by atoms with Crippen LogP contribution in [0.25, 0.3) is 10.9 Å². The molecule has 0 saturated carbocycles. The lowest BCUT2D eigenvalue weighted by atomic mass is 9.99. The van der Waals surface area contributed by atoms with Crippen LogP contribution in [0.3, 0.4) is 0 Å². The molecule has 0 saturated heterocycles. The minimum Gasteiger partial charge on any atom is -0.384 e. The predicted molar refractivity (Wildman–Crippen MR) is 77.2 cm³/mol. The summed E-state index contributed by atoms with van der Waals surface area (Å²) in [6.07, 6.45) is 0.646. The van der Waals surface area contributed by atoms with Gasteiger partial charge in [-0.2, -0.15) is 0 Å². The zero-order valence-corrected chi connectivity index (χ0v) is 11.2. The van der Waals surface area contributed by atoms with E-state index in [0.29, 0.717) is 5.56 Å². The molecule has 0 aliphatic rings. The van der Waals surface area contributed by atoms with Gasteiger partial charge in [0.15, 0.2) is 0 Å². The molecule has 1 N–H and O–H groups in total. The van der Waals surface area contributed by atoms with Gasteiger partial charge in [-0.05, 0) is 29.8 Å². The van der Waals surface area contributed by atoms with Gasteiger partial charge in [-0.25, -0.2) is 4.39 Å². The molecular formula is C16H11ClFNO. The van der Waals surface area contributed by atoms with E-state index in [1.807, 2.05) is 12.1 Å². The number of nitrogens with zero attached hydrogens (tertiary/aromatic N) is 1. The smallest absolute Gasteiger partial charge is 0.147 e. The highest BCUT2D eigenvalue weighted by molar-refractivity contribution is 6.30. The molecule has 1 aromatic heterocycles. The Morgan fingerprint density at radius 2 is 1.95 bits per heavy atom. The van der Waals surface area contributed by atoms with Gasteiger partial charge in [0.05, 0.1) is 10.5 Å². The van der Waals surface area contributed by atoms with Crippen molar-refractivity contribution < 1.29 is 9.50 Å². The molecule has 0 aliphatic heterocycles. The van der Waals surface area contributed by atoms with Crippen LogP contribution in [-0.4, -0.2) is 10.1 Å². The molecular weight excluding hydrogens is 277 g/mol. The number of aliphatic hydroxyl groups is 1. The summed E-state index contributed by atoms with van der Waals surface area (Å²) in [6, 6.07) is 13.7. The van der Waals surface area contributed by atoms with Crippen LogP contribution in [0.1, 0.15) is 17.2 Å². The van der Waals surface area contributed by atoms with Crippen molar-refractivity contribution in [2.75, 3.05) is 0 Å². The Labute approximate surface area is 120 Å². The Balaban J connectivity index is 2.08. The maximum absolute atomic E-state index is 13.9. The Bertz CT molecular complexity index is 775. The molecule has 3 rings (SSSR count). The molecule has 4 heteroatoms. The quantitative estimate of drug-likeness (QED) is 0.769. The van der Waals surface area contributed by atoms with Crippen molar-refractivity contribution in [2.24, 2.45) is 0 Å². The van der Waals surface area contributed by atoms with Gasteiger partial charge in [0, 0.05) is 17.1 Å². The fourth-order valence-corrected chi connectivity index (χ4v) is 2.36. The van der Waals surface area contributed by atoms with E-state index in [2.05, 4.69) is 4.98 Å². The number of pyridine rings is 1. The standard InChI is InChI=1S/C16H11ClFNO/c17-13-5-1-4-12(15(13)18)16(20)11-6-7-14-10(9-11)3-2-8-19-14/h1-9,16,20H. The molecule has 0 aliphatic carbocycles. The summed E-state index contributed by atoms with van der Waals surface area (Å²) in [6.45, 7) is 0. The van der Waals surface area contributed by atoms with E-state index in [-0.39, 0.29) is 10.6 Å². The topological polar surface area (TPSA) is 33.1 Å². The first-order valence-electron chi connectivity index (χ1n) is 6.13. The Morgan fingerprint density at radius 1 is 1.10 bits per heavy atom. The second-order valence-corrected chi connectivity index (χ2v) is 4.91. The number of aromatic nitrogens is 1. The number of aliphatic hydroxyl groups excluding tert-OH is 1. The summed E-state index contributed by atoms with van der Waals surface area (Å²) in [4.78, 5) is 4.21. The molecule has 3 aromatic rings. The lowest BCUT2D eigenvalue weighted by Gasteiger charge is -2.13. The normalized spacial score (nSPS) is 12.6. The third-order valence-electron chi connectivity index (χ3n) is 3.22. The maximum atomic E-state index is 13.9. The van der Waals surface area contributed by atoms with E-state index in [1.165, 1.54) is 12.1 Å². The van der Waals surface area contributed by atoms with Crippen molar-refractivity contribution in [3.63, 3.8) is 0 Å². The Hall–Kier alpha value is -1.97. The van der Waals surface area contributed by atoms with Gasteiger partial charge in [0.1, 0.15) is 11.9 Å². The van der Waals surface area contributed by atoms with Gasteiger partial charge in [-0.15, -0.1) is 0 Å². The van der Waals surface area contributed by atoms with Crippen LogP contribution in [0.5, 0.6) is 0 Å². The minimum absolute atomic E-state index is 0.00371. The number of fused-ring (bicyclic) bond motifs is 1. The van der Waals surface area contributed by atoms with E-state index in [4.69, 9.17) is 11.6 Å². The summed E-state index contributed by atoms with van der Waals surface area (Å²) >= 11 is 5.74. The molecule has 20 heavy (non-hydrogen) atoms. The third-order valence-corrected chi connectivity index (χ3v) is 3.51. The molecule has 0 fully saturated rings. The van der Waals surface area contributed by atoms with Gasteiger partial charge in [-0.1, -0.05) is 35.9 Å². The monoisotopic (exact) mass is 287 g/mol. The van der Waals surface area contributed by atoms with Crippen LogP contribution in [-0.2, 0) is 0 Å². The lowest BCUT2D eigenvalue weighted by molar-refractivity contribution is 0.215. The summed E-state index contributed by atoms with van der Waals surface area (Å²) in [5.74, 6) is -0.590. The Morgan fingerprint density at radius 3 is 2.80 bits per heavy atom. The van der Waals surface area contributed by atoms with Crippen molar-refractivity contribution in [1.82, 2.24) is 4.98 Å². The summed E-state index contributed by atoms with van der Waals surface area (Å²) < 4.78 is 13.9. The zero-order chi connectivity index (χ0) is 14.1. The van der Waals surface area contributed by atoms with Crippen LogP contribution in [0.2, 0.25) is 5.02 Å². The summed E-state index contributed by atoms with van der Waals surface area (Å²) in [7, 11) is 0. The van der Waals surface area contributed by atoms with Gasteiger partial charge in [0.2, 0.25) is 0 Å². The highest BCUT2D eigenvalue weighted by Crippen LogP contribution is 2.29. The fourth-order valence-electron chi connectivity index (χ4n) is 2.18. The molecule has 1 atom stereocenters. The second-order valence-electron chi connectivity index (χ2n) is 4.50. The molecule has 2 aromatic carbocycles. The van der Waals surface area contributed by atoms with Gasteiger partial charge in [-0.3, -0.25) is 4.98 Å². The average Bonchev–Trinajstić information content (AvgIpc) is 2.49. The van der Waals surface area contributed by atoms with Gasteiger partial charge >= 0.3 is 0 Å². The molecule has 2 nitrogen and oxygen atoms in total. The van der Waals surface area contributed by atoms with Gasteiger partial charge < -0.3 is 5.11 Å². The first-order valence-corrected chi connectivity index (χ1v) is 6.51. The van der Waals surface area contributed by atoms with Crippen molar-refractivity contribution in [3.8, 4) is 0 Å². The molecule has 1 unspecified atom stereocenters. The first kappa shape index (κ1) is 13.0. The highest BCUT2D eigenvalue weighted by atomic mass is 35.5. The van der Waals surface area contributed by atoms with E-state index >= 15 is 0 Å². The molecule has 0 bridgehead atoms. The molecule has 1 heterocycles. The highest BCUT2D eigenvalue weighted by Gasteiger charge is 2.17. The van der Waals surface area contributed by atoms with Crippen LogP contribution in [0.4, 0.5) is 4.39 Å². The SMILES string of the molecule is OC(c1ccc2ncccc2c1)c1cccc(Cl)c1F.